The van der Waals surface area contributed by atoms with Gasteiger partial charge in [0.15, 0.2) is 0 Å². The van der Waals surface area contributed by atoms with E-state index >= 15 is 0 Å². The largest absolute Gasteiger partial charge is 0.275 e. The third-order valence-electron chi connectivity index (χ3n) is 2.65. The summed E-state index contributed by atoms with van der Waals surface area (Å²) in [6.45, 7) is 8.13. The van der Waals surface area contributed by atoms with Gasteiger partial charge in [-0.15, -0.1) is 12.4 Å². The zero-order valence-electron chi connectivity index (χ0n) is 12.2. The molecule has 0 bridgehead atoms. The van der Waals surface area contributed by atoms with Gasteiger partial charge in [0.25, 0.3) is 0 Å². The molecule has 19 heavy (non-hydrogen) atoms. The van der Waals surface area contributed by atoms with Crippen LogP contribution in [-0.4, -0.2) is 23.0 Å². The second-order valence-electron chi connectivity index (χ2n) is 5.13. The Morgan fingerprint density at radius 1 is 1.16 bits per heavy atom. The molecule has 1 rings (SSSR count). The minimum absolute atomic E-state index is 0. The van der Waals surface area contributed by atoms with E-state index in [1.807, 2.05) is 45.9 Å². The van der Waals surface area contributed by atoms with Crippen molar-refractivity contribution >= 4 is 18.3 Å². The maximum atomic E-state index is 12.2. The maximum absolute atomic E-state index is 12.2. The molecule has 0 saturated heterocycles. The lowest BCUT2D eigenvalue weighted by Crippen LogP contribution is -2.50. The molecule has 0 fully saturated rings. The number of halogens is 1. The number of aryl methyl sites for hydroxylation is 1. The fourth-order valence-corrected chi connectivity index (χ4v) is 1.80. The second-order valence-corrected chi connectivity index (χ2v) is 5.13. The topological polar surface area (TPSA) is 32.3 Å². The van der Waals surface area contributed by atoms with Crippen LogP contribution in [0.3, 0.4) is 0 Å². The van der Waals surface area contributed by atoms with Crippen molar-refractivity contribution in [2.24, 2.45) is 0 Å². The maximum Gasteiger partial charge on any atom is 0.237 e. The van der Waals surface area contributed by atoms with Crippen molar-refractivity contribution in [1.29, 1.82) is 0 Å². The van der Waals surface area contributed by atoms with E-state index in [2.05, 4.69) is 17.6 Å². The Balaban J connectivity index is 0.00000324. The van der Waals surface area contributed by atoms with E-state index in [1.165, 1.54) is 5.56 Å². The number of carbonyl (C=O) groups excluding carboxylic acids is 1. The first-order valence-electron chi connectivity index (χ1n) is 6.63. The van der Waals surface area contributed by atoms with Crippen LogP contribution in [-0.2, 0) is 11.2 Å². The van der Waals surface area contributed by atoms with E-state index in [-0.39, 0.29) is 30.4 Å². The molecule has 1 amide bonds. The normalized spacial score (nSPS) is 10.4. The first-order chi connectivity index (χ1) is 8.50. The van der Waals surface area contributed by atoms with Crippen molar-refractivity contribution in [2.75, 3.05) is 0 Å². The number of benzene rings is 1. The summed E-state index contributed by atoms with van der Waals surface area (Å²) >= 11 is 0. The van der Waals surface area contributed by atoms with Gasteiger partial charge in [-0.2, -0.15) is 0 Å². The minimum atomic E-state index is 0. The first-order valence-corrected chi connectivity index (χ1v) is 6.63. The van der Waals surface area contributed by atoms with E-state index in [0.717, 1.165) is 6.42 Å². The van der Waals surface area contributed by atoms with E-state index < -0.39 is 0 Å². The van der Waals surface area contributed by atoms with Crippen LogP contribution in [0.4, 0.5) is 0 Å². The molecule has 108 valence electrons. The van der Waals surface area contributed by atoms with Crippen LogP contribution in [0.2, 0.25) is 0 Å². The summed E-state index contributed by atoms with van der Waals surface area (Å²) in [5.74, 6) is 0.155. The zero-order chi connectivity index (χ0) is 13.5. The molecule has 0 aliphatic rings. The minimum Gasteiger partial charge on any atom is -0.275 e. The van der Waals surface area contributed by atoms with Crippen LogP contribution in [0.1, 0.15) is 39.7 Å². The monoisotopic (exact) mass is 284 g/mol. The lowest BCUT2D eigenvalue weighted by molar-refractivity contribution is -0.137. The van der Waals surface area contributed by atoms with Gasteiger partial charge < -0.3 is 0 Å². The van der Waals surface area contributed by atoms with Crippen LogP contribution in [0.5, 0.6) is 0 Å². The molecular formula is C15H25ClN2O. The molecular weight excluding hydrogens is 260 g/mol. The molecule has 0 radical (unpaired) electrons. The fraction of sp³-hybridized carbons (Fsp3) is 0.533. The Morgan fingerprint density at radius 2 is 1.74 bits per heavy atom. The Bertz CT molecular complexity index is 366. The average Bonchev–Trinajstić information content (AvgIpc) is 2.34. The third kappa shape index (κ3) is 6.60. The van der Waals surface area contributed by atoms with Crippen LogP contribution in [0.15, 0.2) is 30.3 Å². The van der Waals surface area contributed by atoms with Crippen molar-refractivity contribution in [3.8, 4) is 0 Å². The van der Waals surface area contributed by atoms with Gasteiger partial charge in [-0.3, -0.25) is 9.80 Å². The van der Waals surface area contributed by atoms with Gasteiger partial charge in [0.05, 0.1) is 0 Å². The van der Waals surface area contributed by atoms with Gasteiger partial charge in [0.1, 0.15) is 0 Å². The number of carbonyl (C=O) groups is 1. The van der Waals surface area contributed by atoms with Crippen molar-refractivity contribution in [1.82, 2.24) is 10.4 Å². The lowest BCUT2D eigenvalue weighted by atomic mass is 10.1. The molecule has 0 aliphatic carbocycles. The van der Waals surface area contributed by atoms with Crippen molar-refractivity contribution in [2.45, 2.75) is 52.6 Å². The zero-order valence-corrected chi connectivity index (χ0v) is 13.0. The number of nitrogens with zero attached hydrogens (tertiary/aromatic N) is 1. The Kier molecular flexibility index (Phi) is 8.44. The third-order valence-corrected chi connectivity index (χ3v) is 2.65. The highest BCUT2D eigenvalue weighted by Crippen LogP contribution is 2.06. The highest BCUT2D eigenvalue weighted by atomic mass is 35.5. The molecule has 0 heterocycles. The predicted octanol–water partition coefficient (Wildman–Crippen LogP) is 3.19. The van der Waals surface area contributed by atoms with Gasteiger partial charge in [0, 0.05) is 18.5 Å². The van der Waals surface area contributed by atoms with Crippen molar-refractivity contribution in [3.63, 3.8) is 0 Å². The summed E-state index contributed by atoms with van der Waals surface area (Å²) < 4.78 is 0. The smallest absolute Gasteiger partial charge is 0.237 e. The summed E-state index contributed by atoms with van der Waals surface area (Å²) in [6.07, 6.45) is 1.34. The quantitative estimate of drug-likeness (QED) is 0.814. The summed E-state index contributed by atoms with van der Waals surface area (Å²) in [5, 5.41) is 1.74. The lowest BCUT2D eigenvalue weighted by Gasteiger charge is -2.29. The fourth-order valence-electron chi connectivity index (χ4n) is 1.80. The second kappa shape index (κ2) is 8.94. The average molecular weight is 285 g/mol. The summed E-state index contributed by atoms with van der Waals surface area (Å²) in [6, 6.07) is 10.6. The van der Waals surface area contributed by atoms with Crippen LogP contribution in [0, 0.1) is 0 Å². The number of hydrazine groups is 1. The van der Waals surface area contributed by atoms with Crippen LogP contribution in [0.25, 0.3) is 0 Å². The van der Waals surface area contributed by atoms with Gasteiger partial charge in [-0.25, -0.2) is 5.43 Å². The number of hydrogen-bond donors (Lipinski definition) is 1. The van der Waals surface area contributed by atoms with Gasteiger partial charge >= 0.3 is 0 Å². The van der Waals surface area contributed by atoms with Crippen molar-refractivity contribution in [3.05, 3.63) is 35.9 Å². The summed E-state index contributed by atoms with van der Waals surface area (Å²) in [5.41, 5.74) is 4.41. The molecule has 4 heteroatoms. The Hall–Kier alpha value is -1.06. The number of amides is 1. The molecule has 3 nitrogen and oxygen atoms in total. The van der Waals surface area contributed by atoms with E-state index in [4.69, 9.17) is 0 Å². The Morgan fingerprint density at radius 3 is 2.21 bits per heavy atom. The van der Waals surface area contributed by atoms with Gasteiger partial charge in [-0.05, 0) is 39.7 Å². The number of hydrogen-bond acceptors (Lipinski definition) is 2. The predicted molar refractivity (Wildman–Crippen MR) is 82.3 cm³/mol. The molecule has 0 unspecified atom stereocenters. The molecule has 0 saturated carbocycles. The first kappa shape index (κ1) is 17.9. The highest BCUT2D eigenvalue weighted by Gasteiger charge is 2.17. The summed E-state index contributed by atoms with van der Waals surface area (Å²) in [4.78, 5) is 12.2. The molecule has 1 N–H and O–H groups in total. The summed E-state index contributed by atoms with van der Waals surface area (Å²) in [7, 11) is 0. The molecule has 0 aliphatic heterocycles. The molecule has 0 spiro atoms. The SMILES string of the molecule is CC(C)NN(C(=O)CCc1ccccc1)C(C)C.Cl. The van der Waals surface area contributed by atoms with Gasteiger partial charge in [-0.1, -0.05) is 30.3 Å². The van der Waals surface area contributed by atoms with E-state index in [9.17, 15) is 4.79 Å². The van der Waals surface area contributed by atoms with E-state index in [0.29, 0.717) is 6.42 Å². The van der Waals surface area contributed by atoms with Gasteiger partial charge in [0.2, 0.25) is 5.91 Å². The van der Waals surface area contributed by atoms with E-state index in [1.54, 1.807) is 5.01 Å². The highest BCUT2D eigenvalue weighted by molar-refractivity contribution is 5.85. The number of rotatable bonds is 6. The van der Waals surface area contributed by atoms with Crippen molar-refractivity contribution < 1.29 is 4.79 Å². The Labute approximate surface area is 122 Å². The molecule has 0 atom stereocenters. The molecule has 1 aromatic carbocycles. The standard InChI is InChI=1S/C15H24N2O.ClH/c1-12(2)16-17(13(3)4)15(18)11-10-14-8-6-5-7-9-14;/h5-9,12-13,16H,10-11H2,1-4H3;1H. The van der Waals surface area contributed by atoms with Crippen LogP contribution >= 0.6 is 12.4 Å². The van der Waals surface area contributed by atoms with Crippen LogP contribution < -0.4 is 5.43 Å². The molecule has 1 aromatic rings. The molecule has 0 aromatic heterocycles. The number of nitrogens with one attached hydrogen (secondary N) is 1.